The van der Waals surface area contributed by atoms with E-state index in [0.717, 1.165) is 10.6 Å². The molecule has 0 bridgehead atoms. The lowest BCUT2D eigenvalue weighted by atomic mass is 10.1. The highest BCUT2D eigenvalue weighted by Crippen LogP contribution is 2.21. The average molecular weight is 297 g/mol. The standard InChI is InChI=1S/C16H12N2O2S/c19-14-5-2-1-4-12(14)15(20)10-18-8-7-13(17-11-18)16-6-3-9-21-16/h1-9,11H,10H2/p+1. The molecule has 0 saturated heterocycles. The maximum Gasteiger partial charge on any atom is 0.287 e. The van der Waals surface area contributed by atoms with Crippen molar-refractivity contribution in [2.45, 2.75) is 6.54 Å². The van der Waals surface area contributed by atoms with Crippen LogP contribution in [0, 0.1) is 0 Å². The van der Waals surface area contributed by atoms with Gasteiger partial charge in [-0.1, -0.05) is 18.2 Å². The van der Waals surface area contributed by atoms with Crippen molar-refractivity contribution in [2.75, 3.05) is 0 Å². The molecule has 21 heavy (non-hydrogen) atoms. The number of hydrogen-bond acceptors (Lipinski definition) is 4. The van der Waals surface area contributed by atoms with Crippen LogP contribution >= 0.6 is 11.3 Å². The third kappa shape index (κ3) is 2.98. The lowest BCUT2D eigenvalue weighted by Crippen LogP contribution is -2.37. The largest absolute Gasteiger partial charge is 0.507 e. The molecular formula is C16H13N2O2S+. The molecule has 104 valence electrons. The number of thiophene rings is 1. The molecular weight excluding hydrogens is 284 g/mol. The van der Waals surface area contributed by atoms with Crippen molar-refractivity contribution in [3.05, 3.63) is 65.9 Å². The van der Waals surface area contributed by atoms with Gasteiger partial charge in [-0.05, 0) is 28.6 Å². The first-order valence-corrected chi connectivity index (χ1v) is 7.32. The quantitative estimate of drug-likeness (QED) is 0.595. The van der Waals surface area contributed by atoms with Gasteiger partial charge in [-0.2, -0.15) is 0 Å². The molecule has 1 aromatic carbocycles. The van der Waals surface area contributed by atoms with Crippen molar-refractivity contribution in [2.24, 2.45) is 0 Å². The Morgan fingerprint density at radius 2 is 2.05 bits per heavy atom. The first-order valence-electron chi connectivity index (χ1n) is 6.44. The molecule has 4 nitrogen and oxygen atoms in total. The van der Waals surface area contributed by atoms with E-state index in [0.29, 0.717) is 5.56 Å². The summed E-state index contributed by atoms with van der Waals surface area (Å²) < 4.78 is 1.70. The van der Waals surface area contributed by atoms with E-state index in [1.54, 1.807) is 40.4 Å². The molecule has 0 spiro atoms. The highest BCUT2D eigenvalue weighted by Gasteiger charge is 2.14. The zero-order chi connectivity index (χ0) is 14.7. The summed E-state index contributed by atoms with van der Waals surface area (Å²) >= 11 is 1.62. The van der Waals surface area contributed by atoms with Gasteiger partial charge in [0.15, 0.2) is 12.2 Å². The van der Waals surface area contributed by atoms with E-state index >= 15 is 0 Å². The fourth-order valence-corrected chi connectivity index (χ4v) is 2.71. The number of phenols is 1. The third-order valence-corrected chi connectivity index (χ3v) is 3.97. The summed E-state index contributed by atoms with van der Waals surface area (Å²) in [6, 6.07) is 12.4. The van der Waals surface area contributed by atoms with Gasteiger partial charge in [0, 0.05) is 6.07 Å². The third-order valence-electron chi connectivity index (χ3n) is 3.07. The van der Waals surface area contributed by atoms with Crippen molar-refractivity contribution >= 4 is 17.1 Å². The second-order valence-electron chi connectivity index (χ2n) is 4.54. The van der Waals surface area contributed by atoms with Crippen molar-refractivity contribution in [1.82, 2.24) is 4.98 Å². The van der Waals surface area contributed by atoms with E-state index < -0.39 is 0 Å². The minimum atomic E-state index is -0.149. The Kier molecular flexibility index (Phi) is 3.75. The van der Waals surface area contributed by atoms with Crippen LogP contribution in [-0.4, -0.2) is 15.9 Å². The Bertz CT molecular complexity index is 752. The predicted molar refractivity (Wildman–Crippen MR) is 80.2 cm³/mol. The molecule has 5 heteroatoms. The Hall–Kier alpha value is -2.53. The molecule has 1 N–H and O–H groups in total. The summed E-state index contributed by atoms with van der Waals surface area (Å²) in [7, 11) is 0. The molecule has 0 radical (unpaired) electrons. The summed E-state index contributed by atoms with van der Waals surface area (Å²) in [6.45, 7) is 0.148. The molecule has 0 atom stereocenters. The van der Waals surface area contributed by atoms with E-state index in [-0.39, 0.29) is 18.1 Å². The summed E-state index contributed by atoms with van der Waals surface area (Å²) in [4.78, 5) is 17.6. The first kappa shape index (κ1) is 13.5. The fraction of sp³-hybridized carbons (Fsp3) is 0.0625. The second kappa shape index (κ2) is 5.85. The van der Waals surface area contributed by atoms with Crippen LogP contribution in [-0.2, 0) is 6.54 Å². The maximum atomic E-state index is 12.1. The highest BCUT2D eigenvalue weighted by atomic mass is 32.1. The Labute approximate surface area is 126 Å². The normalized spacial score (nSPS) is 10.5. The molecule has 3 rings (SSSR count). The molecule has 0 aliphatic heterocycles. The highest BCUT2D eigenvalue weighted by molar-refractivity contribution is 7.13. The van der Waals surface area contributed by atoms with Crippen LogP contribution in [0.1, 0.15) is 10.4 Å². The van der Waals surface area contributed by atoms with Gasteiger partial charge >= 0.3 is 0 Å². The zero-order valence-electron chi connectivity index (χ0n) is 11.1. The first-order chi connectivity index (χ1) is 10.2. The number of Topliss-reactive ketones (excluding diaryl/α,β-unsaturated/α-hetero) is 1. The number of phenolic OH excluding ortho intramolecular Hbond substituents is 1. The SMILES string of the molecule is O=C(C[n+]1ccc(-c2cccs2)nc1)c1ccccc1O. The molecule has 0 amide bonds. The number of hydrogen-bond donors (Lipinski definition) is 1. The number of para-hydroxylation sites is 1. The maximum absolute atomic E-state index is 12.1. The molecule has 2 heterocycles. The number of carbonyl (C=O) groups is 1. The van der Waals surface area contributed by atoms with E-state index in [1.807, 2.05) is 29.8 Å². The van der Waals surface area contributed by atoms with Crippen LogP contribution in [0.4, 0.5) is 0 Å². The van der Waals surface area contributed by atoms with Gasteiger partial charge in [-0.25, -0.2) is 4.57 Å². The zero-order valence-corrected chi connectivity index (χ0v) is 12.0. The number of aromatic nitrogens is 2. The van der Waals surface area contributed by atoms with Gasteiger partial charge in [0.2, 0.25) is 5.78 Å². The summed E-state index contributed by atoms with van der Waals surface area (Å²) in [5.41, 5.74) is 1.21. The van der Waals surface area contributed by atoms with Gasteiger partial charge in [-0.15, -0.1) is 11.3 Å². The minimum Gasteiger partial charge on any atom is -0.507 e. The number of aromatic hydroxyl groups is 1. The summed E-state index contributed by atoms with van der Waals surface area (Å²) in [5.74, 6) is -0.143. The Balaban J connectivity index is 1.77. The monoisotopic (exact) mass is 297 g/mol. The van der Waals surface area contributed by atoms with Crippen molar-refractivity contribution in [3.63, 3.8) is 0 Å². The number of nitrogens with zero attached hydrogens (tertiary/aromatic N) is 2. The summed E-state index contributed by atoms with van der Waals surface area (Å²) in [5, 5.41) is 11.7. The predicted octanol–water partition coefficient (Wildman–Crippen LogP) is 2.69. The van der Waals surface area contributed by atoms with Crippen LogP contribution in [0.3, 0.4) is 0 Å². The molecule has 0 fully saturated rings. The van der Waals surface area contributed by atoms with Crippen molar-refractivity contribution in [1.29, 1.82) is 0 Å². The Morgan fingerprint density at radius 3 is 2.71 bits per heavy atom. The lowest BCUT2D eigenvalue weighted by Gasteiger charge is -2.02. The number of carbonyl (C=O) groups excluding carboxylic acids is 1. The van der Waals surface area contributed by atoms with Gasteiger partial charge < -0.3 is 5.11 Å². The molecule has 0 saturated carbocycles. The van der Waals surface area contributed by atoms with Crippen LogP contribution in [0.15, 0.2) is 60.4 Å². The van der Waals surface area contributed by atoms with Crippen molar-refractivity contribution in [3.8, 4) is 16.3 Å². The number of benzene rings is 1. The number of ketones is 1. The van der Waals surface area contributed by atoms with Gasteiger partial charge in [-0.3, -0.25) is 4.79 Å². The molecule has 0 aliphatic rings. The molecule has 0 aliphatic carbocycles. The van der Waals surface area contributed by atoms with Crippen LogP contribution in [0.2, 0.25) is 0 Å². The molecule has 0 unspecified atom stereocenters. The van der Waals surface area contributed by atoms with E-state index in [1.165, 1.54) is 6.07 Å². The van der Waals surface area contributed by atoms with E-state index in [2.05, 4.69) is 4.98 Å². The van der Waals surface area contributed by atoms with Crippen LogP contribution in [0.5, 0.6) is 5.75 Å². The molecule has 3 aromatic rings. The summed E-state index contributed by atoms with van der Waals surface area (Å²) in [6.07, 6.45) is 3.45. The van der Waals surface area contributed by atoms with Crippen LogP contribution < -0.4 is 4.57 Å². The average Bonchev–Trinajstić information content (AvgIpc) is 3.02. The van der Waals surface area contributed by atoms with Crippen molar-refractivity contribution < 1.29 is 14.5 Å². The number of rotatable bonds is 4. The minimum absolute atomic E-state index is 0.00580. The topological polar surface area (TPSA) is 54.1 Å². The Morgan fingerprint density at radius 1 is 1.19 bits per heavy atom. The lowest BCUT2D eigenvalue weighted by molar-refractivity contribution is -0.686. The smallest absolute Gasteiger partial charge is 0.287 e. The molecule has 2 aromatic heterocycles. The van der Waals surface area contributed by atoms with Gasteiger partial charge in [0.05, 0.1) is 16.6 Å². The van der Waals surface area contributed by atoms with Gasteiger partial charge in [0.1, 0.15) is 5.75 Å². The van der Waals surface area contributed by atoms with E-state index in [4.69, 9.17) is 0 Å². The van der Waals surface area contributed by atoms with Crippen LogP contribution in [0.25, 0.3) is 10.6 Å². The van der Waals surface area contributed by atoms with E-state index in [9.17, 15) is 9.90 Å². The fourth-order valence-electron chi connectivity index (χ4n) is 2.01. The van der Waals surface area contributed by atoms with Gasteiger partial charge in [0.25, 0.3) is 6.33 Å². The second-order valence-corrected chi connectivity index (χ2v) is 5.48.